The van der Waals surface area contributed by atoms with Gasteiger partial charge in [-0.2, -0.15) is 0 Å². The van der Waals surface area contributed by atoms with Gasteiger partial charge in [0.15, 0.2) is 5.01 Å². The Morgan fingerprint density at radius 3 is 3.27 bits per heavy atom. The maximum atomic E-state index is 4.36. The Hall–Kier alpha value is 0.130. The maximum absolute atomic E-state index is 4.36. The summed E-state index contributed by atoms with van der Waals surface area (Å²) in [5, 5.41) is 5.48. The van der Waals surface area contributed by atoms with Gasteiger partial charge in [0.2, 0.25) is 5.70 Å². The molecule has 0 saturated carbocycles. The van der Waals surface area contributed by atoms with Crippen molar-refractivity contribution in [2.75, 3.05) is 5.75 Å². The zero-order chi connectivity index (χ0) is 7.84. The number of nitrogens with zero attached hydrogens (tertiary/aromatic N) is 2. The second-order valence-corrected chi connectivity index (χ2v) is 5.05. The first kappa shape index (κ1) is 7.76. The lowest BCUT2D eigenvalue weighted by Crippen LogP contribution is -2.32. The zero-order valence-corrected chi connectivity index (χ0v) is 9.09. The molecule has 0 bridgehead atoms. The largest absolute Gasteiger partial charge is 0.331 e. The molecular weight excluding hydrogens is 244 g/mol. The van der Waals surface area contributed by atoms with Gasteiger partial charge in [-0.1, -0.05) is 15.9 Å². The molecule has 58 valence electrons. The zero-order valence-electron chi connectivity index (χ0n) is 5.87. The summed E-state index contributed by atoms with van der Waals surface area (Å²) in [6.07, 6.45) is 0. The average Bonchev–Trinajstić information content (AvgIpc) is 2.45. The Balaban J connectivity index is 2.53. The lowest BCUT2D eigenvalue weighted by molar-refractivity contribution is -0.672. The number of halogens is 1. The van der Waals surface area contributed by atoms with E-state index in [0.29, 0.717) is 0 Å². The van der Waals surface area contributed by atoms with E-state index >= 15 is 0 Å². The molecule has 0 spiro atoms. The molecule has 1 aromatic heterocycles. The van der Waals surface area contributed by atoms with Gasteiger partial charge in [0, 0.05) is 5.10 Å². The highest BCUT2D eigenvalue weighted by atomic mass is 79.9. The van der Waals surface area contributed by atoms with Crippen molar-refractivity contribution in [3.63, 3.8) is 0 Å². The van der Waals surface area contributed by atoms with Crippen molar-refractivity contribution in [2.24, 2.45) is 0 Å². The molecule has 0 saturated heterocycles. The fourth-order valence-corrected chi connectivity index (χ4v) is 3.64. The number of hydrogen-bond acceptors (Lipinski definition) is 3. The topological polar surface area (TPSA) is 16.8 Å². The molecule has 2 nitrogen and oxygen atoms in total. The van der Waals surface area contributed by atoms with E-state index in [4.69, 9.17) is 0 Å². The predicted octanol–water partition coefficient (Wildman–Crippen LogP) is 2.04. The molecule has 0 fully saturated rings. The third kappa shape index (κ3) is 1.25. The monoisotopic (exact) mass is 249 g/mol. The summed E-state index contributed by atoms with van der Waals surface area (Å²) in [6, 6.07) is 0. The number of aryl methyl sites for hydroxylation is 1. The first-order valence-corrected chi connectivity index (χ1v) is 5.85. The molecule has 2 heterocycles. The van der Waals surface area contributed by atoms with Crippen molar-refractivity contribution < 1.29 is 4.68 Å². The third-order valence-corrected chi connectivity index (χ3v) is 4.11. The molecule has 0 amide bonds. The molecular formula is C6H6BrN2S2+. The minimum Gasteiger partial charge on any atom is -0.0525 e. The van der Waals surface area contributed by atoms with Gasteiger partial charge >= 0.3 is 4.34 Å². The minimum atomic E-state index is 1.03. The molecule has 0 aromatic carbocycles. The standard InChI is InChI=1S/C6H6BrN2S2/c1-4-8-9-5(2-7)3-10-6(9)11-4/h2H,3H2,1H3/q+1. The normalized spacial score (nSPS) is 19.3. The van der Waals surface area contributed by atoms with Crippen LogP contribution in [-0.2, 0) is 0 Å². The van der Waals surface area contributed by atoms with Gasteiger partial charge in [0.05, 0.1) is 10.7 Å². The number of rotatable bonds is 0. The molecule has 11 heavy (non-hydrogen) atoms. The fourth-order valence-electron chi connectivity index (χ4n) is 0.918. The SMILES string of the molecule is Cc1n[n+]2c(s1)SCC2=CBr. The van der Waals surface area contributed by atoms with Crippen molar-refractivity contribution in [2.45, 2.75) is 11.3 Å². The minimum absolute atomic E-state index is 1.03. The highest BCUT2D eigenvalue weighted by Crippen LogP contribution is 2.29. The Morgan fingerprint density at radius 1 is 1.73 bits per heavy atom. The van der Waals surface area contributed by atoms with Crippen molar-refractivity contribution >= 4 is 44.7 Å². The molecule has 1 aliphatic rings. The smallest absolute Gasteiger partial charge is 0.0525 e. The van der Waals surface area contributed by atoms with Crippen LogP contribution in [0.5, 0.6) is 0 Å². The van der Waals surface area contributed by atoms with Crippen LogP contribution in [0.3, 0.4) is 0 Å². The summed E-state index contributed by atoms with van der Waals surface area (Å²) in [6.45, 7) is 2.03. The van der Waals surface area contributed by atoms with E-state index < -0.39 is 0 Å². The van der Waals surface area contributed by atoms with E-state index in [1.54, 1.807) is 11.3 Å². The molecule has 2 rings (SSSR count). The summed E-state index contributed by atoms with van der Waals surface area (Å²) in [7, 11) is 0. The second-order valence-electron chi connectivity index (χ2n) is 2.19. The van der Waals surface area contributed by atoms with Crippen LogP contribution in [0.1, 0.15) is 5.01 Å². The van der Waals surface area contributed by atoms with Crippen molar-refractivity contribution in [3.05, 3.63) is 9.99 Å². The summed E-state index contributed by atoms with van der Waals surface area (Å²) in [5.41, 5.74) is 1.23. The summed E-state index contributed by atoms with van der Waals surface area (Å²) < 4.78 is 3.28. The van der Waals surface area contributed by atoms with Crippen LogP contribution >= 0.6 is 39.0 Å². The van der Waals surface area contributed by atoms with Crippen LogP contribution in [0.25, 0.3) is 5.70 Å². The summed E-state index contributed by atoms with van der Waals surface area (Å²) in [4.78, 5) is 1.94. The van der Waals surface area contributed by atoms with Crippen LogP contribution in [0.15, 0.2) is 9.32 Å². The molecule has 0 radical (unpaired) electrons. The van der Waals surface area contributed by atoms with Gasteiger partial charge < -0.3 is 0 Å². The summed E-state index contributed by atoms with van der Waals surface area (Å²) in [5.74, 6) is 1.03. The summed E-state index contributed by atoms with van der Waals surface area (Å²) >= 11 is 6.91. The van der Waals surface area contributed by atoms with Crippen LogP contribution in [0, 0.1) is 6.92 Å². The first-order chi connectivity index (χ1) is 5.31. The van der Waals surface area contributed by atoms with Gasteiger partial charge in [-0.05, 0) is 34.7 Å². The lowest BCUT2D eigenvalue weighted by atomic mass is 10.6. The van der Waals surface area contributed by atoms with Crippen molar-refractivity contribution in [1.29, 1.82) is 0 Å². The fraction of sp³-hybridized carbons (Fsp3) is 0.333. The Morgan fingerprint density at radius 2 is 2.55 bits per heavy atom. The second kappa shape index (κ2) is 2.88. The van der Waals surface area contributed by atoms with E-state index in [1.807, 2.05) is 28.4 Å². The average molecular weight is 250 g/mol. The van der Waals surface area contributed by atoms with Crippen LogP contribution in [0.4, 0.5) is 0 Å². The lowest BCUT2D eigenvalue weighted by Gasteiger charge is -1.79. The third-order valence-electron chi connectivity index (χ3n) is 1.39. The molecule has 1 aromatic rings. The Bertz CT molecular complexity index is 318. The highest BCUT2D eigenvalue weighted by molar-refractivity contribution is 9.11. The quantitative estimate of drug-likeness (QED) is 0.655. The molecule has 1 aliphatic heterocycles. The van der Waals surface area contributed by atoms with E-state index in [9.17, 15) is 0 Å². The Kier molecular flexibility index (Phi) is 2.03. The maximum Gasteiger partial charge on any atom is 0.331 e. The van der Waals surface area contributed by atoms with Gasteiger partial charge in [0.1, 0.15) is 0 Å². The molecule has 0 N–H and O–H groups in total. The van der Waals surface area contributed by atoms with Gasteiger partial charge in [0.25, 0.3) is 0 Å². The van der Waals surface area contributed by atoms with Crippen LogP contribution in [-0.4, -0.2) is 10.9 Å². The molecule has 0 unspecified atom stereocenters. The number of thioether (sulfide) groups is 1. The number of hydrogen-bond donors (Lipinski definition) is 0. The number of aromatic nitrogens is 2. The first-order valence-electron chi connectivity index (χ1n) is 3.13. The van der Waals surface area contributed by atoms with Gasteiger partial charge in [-0.3, -0.25) is 0 Å². The van der Waals surface area contributed by atoms with Crippen molar-refractivity contribution in [1.82, 2.24) is 5.10 Å². The van der Waals surface area contributed by atoms with Gasteiger partial charge in [-0.15, -0.1) is 0 Å². The van der Waals surface area contributed by atoms with E-state index in [2.05, 4.69) is 21.0 Å². The highest BCUT2D eigenvalue weighted by Gasteiger charge is 2.30. The molecule has 0 atom stereocenters. The van der Waals surface area contributed by atoms with E-state index in [0.717, 1.165) is 10.8 Å². The predicted molar refractivity (Wildman–Crippen MR) is 51.0 cm³/mol. The van der Waals surface area contributed by atoms with E-state index in [-0.39, 0.29) is 0 Å². The molecule has 0 aliphatic carbocycles. The Labute approximate surface area is 81.4 Å². The van der Waals surface area contributed by atoms with Crippen LogP contribution in [0.2, 0.25) is 0 Å². The van der Waals surface area contributed by atoms with Crippen molar-refractivity contribution in [3.8, 4) is 0 Å². The number of fused-ring (bicyclic) bond motifs is 1. The van der Waals surface area contributed by atoms with Gasteiger partial charge in [-0.25, -0.2) is 0 Å². The van der Waals surface area contributed by atoms with Crippen LogP contribution < -0.4 is 4.68 Å². The van der Waals surface area contributed by atoms with E-state index in [1.165, 1.54) is 10.0 Å². The molecule has 5 heteroatoms.